The fourth-order valence-electron chi connectivity index (χ4n) is 2.43. The van der Waals surface area contributed by atoms with E-state index in [-0.39, 0.29) is 17.5 Å². The first kappa shape index (κ1) is 14.5. The van der Waals surface area contributed by atoms with Crippen molar-refractivity contribution < 1.29 is 19.4 Å². The third-order valence-corrected chi connectivity index (χ3v) is 3.54. The van der Waals surface area contributed by atoms with E-state index in [1.807, 2.05) is 11.8 Å². The van der Waals surface area contributed by atoms with Gasteiger partial charge in [-0.3, -0.25) is 4.79 Å². The minimum Gasteiger partial charge on any atom is -0.478 e. The summed E-state index contributed by atoms with van der Waals surface area (Å²) in [7, 11) is 0. The standard InChI is InChI=1S/C15H19NO4/c1-11-10-20-9-8-16(11)14(17)7-6-12-4-2-3-5-13(12)15(18)19/h2-5,11H,6-10H2,1H3,(H,18,19). The molecule has 1 atom stereocenters. The van der Waals surface area contributed by atoms with Crippen molar-refractivity contribution >= 4 is 11.9 Å². The molecular weight excluding hydrogens is 258 g/mol. The molecule has 5 heteroatoms. The van der Waals surface area contributed by atoms with E-state index in [0.717, 1.165) is 0 Å². The van der Waals surface area contributed by atoms with Crippen molar-refractivity contribution in [3.05, 3.63) is 35.4 Å². The van der Waals surface area contributed by atoms with Crippen LogP contribution in [0.4, 0.5) is 0 Å². The van der Waals surface area contributed by atoms with Crippen molar-refractivity contribution in [3.63, 3.8) is 0 Å². The first-order valence-corrected chi connectivity index (χ1v) is 6.78. The van der Waals surface area contributed by atoms with Gasteiger partial charge in [-0.2, -0.15) is 0 Å². The van der Waals surface area contributed by atoms with Crippen LogP contribution in [0.3, 0.4) is 0 Å². The van der Waals surface area contributed by atoms with Gasteiger partial charge in [0.15, 0.2) is 0 Å². The maximum Gasteiger partial charge on any atom is 0.335 e. The molecular formula is C15H19NO4. The number of benzene rings is 1. The second kappa shape index (κ2) is 6.52. The Kier molecular flexibility index (Phi) is 4.74. The molecule has 2 rings (SSSR count). The lowest BCUT2D eigenvalue weighted by Crippen LogP contribution is -2.47. The van der Waals surface area contributed by atoms with Gasteiger partial charge in [-0.25, -0.2) is 4.79 Å². The van der Waals surface area contributed by atoms with Crippen LogP contribution in [-0.4, -0.2) is 47.7 Å². The normalized spacial score (nSPS) is 18.9. The van der Waals surface area contributed by atoms with Gasteiger partial charge in [0.2, 0.25) is 5.91 Å². The van der Waals surface area contributed by atoms with E-state index in [2.05, 4.69) is 0 Å². The number of amides is 1. The highest BCUT2D eigenvalue weighted by Crippen LogP contribution is 2.14. The van der Waals surface area contributed by atoms with Crippen LogP contribution in [0.2, 0.25) is 0 Å². The Morgan fingerprint density at radius 1 is 1.40 bits per heavy atom. The molecule has 0 saturated carbocycles. The van der Waals surface area contributed by atoms with Crippen LogP contribution in [0.25, 0.3) is 0 Å². The highest BCUT2D eigenvalue weighted by Gasteiger charge is 2.23. The summed E-state index contributed by atoms with van der Waals surface area (Å²) in [6, 6.07) is 6.91. The lowest BCUT2D eigenvalue weighted by atomic mass is 10.0. The van der Waals surface area contributed by atoms with Crippen molar-refractivity contribution in [1.29, 1.82) is 0 Å². The summed E-state index contributed by atoms with van der Waals surface area (Å²) in [6.07, 6.45) is 0.778. The molecule has 1 aliphatic heterocycles. The van der Waals surface area contributed by atoms with Crippen LogP contribution in [0.5, 0.6) is 0 Å². The molecule has 1 amide bonds. The number of ether oxygens (including phenoxy) is 1. The predicted octanol–water partition coefficient (Wildman–Crippen LogP) is 1.56. The van der Waals surface area contributed by atoms with Crippen molar-refractivity contribution in [2.24, 2.45) is 0 Å². The number of carbonyl (C=O) groups is 2. The van der Waals surface area contributed by atoms with Crippen LogP contribution >= 0.6 is 0 Å². The number of aryl methyl sites for hydroxylation is 1. The van der Waals surface area contributed by atoms with Gasteiger partial charge in [0, 0.05) is 13.0 Å². The van der Waals surface area contributed by atoms with E-state index in [9.17, 15) is 9.59 Å². The third-order valence-electron chi connectivity index (χ3n) is 3.54. The molecule has 108 valence electrons. The maximum absolute atomic E-state index is 12.2. The Morgan fingerprint density at radius 2 is 2.15 bits per heavy atom. The van der Waals surface area contributed by atoms with Crippen LogP contribution in [-0.2, 0) is 16.0 Å². The summed E-state index contributed by atoms with van der Waals surface area (Å²) in [5.41, 5.74) is 0.976. The molecule has 0 spiro atoms. The highest BCUT2D eigenvalue weighted by atomic mass is 16.5. The average Bonchev–Trinajstić information content (AvgIpc) is 2.45. The van der Waals surface area contributed by atoms with Gasteiger partial charge < -0.3 is 14.7 Å². The topological polar surface area (TPSA) is 66.8 Å². The molecule has 1 unspecified atom stereocenters. The van der Waals surface area contributed by atoms with Crippen molar-refractivity contribution in [2.75, 3.05) is 19.8 Å². The molecule has 1 saturated heterocycles. The number of nitrogens with zero attached hydrogens (tertiary/aromatic N) is 1. The van der Waals surface area contributed by atoms with E-state index in [1.54, 1.807) is 24.3 Å². The Hall–Kier alpha value is -1.88. The van der Waals surface area contributed by atoms with Gasteiger partial charge in [-0.1, -0.05) is 18.2 Å². The number of carbonyl (C=O) groups excluding carboxylic acids is 1. The number of hydrogen-bond donors (Lipinski definition) is 1. The number of morpholine rings is 1. The van der Waals surface area contributed by atoms with Gasteiger partial charge in [-0.05, 0) is 25.0 Å². The monoisotopic (exact) mass is 277 g/mol. The molecule has 5 nitrogen and oxygen atoms in total. The van der Waals surface area contributed by atoms with E-state index in [4.69, 9.17) is 9.84 Å². The summed E-state index contributed by atoms with van der Waals surface area (Å²) >= 11 is 0. The molecule has 0 bridgehead atoms. The quantitative estimate of drug-likeness (QED) is 0.907. The number of rotatable bonds is 4. The van der Waals surface area contributed by atoms with E-state index in [1.165, 1.54) is 0 Å². The number of carboxylic acids is 1. The fourth-order valence-corrected chi connectivity index (χ4v) is 2.43. The largest absolute Gasteiger partial charge is 0.478 e. The molecule has 1 fully saturated rings. The first-order chi connectivity index (χ1) is 9.59. The van der Waals surface area contributed by atoms with Crippen molar-refractivity contribution in [2.45, 2.75) is 25.8 Å². The summed E-state index contributed by atoms with van der Waals surface area (Å²) in [4.78, 5) is 25.1. The van der Waals surface area contributed by atoms with Crippen molar-refractivity contribution in [1.82, 2.24) is 4.90 Å². The summed E-state index contributed by atoms with van der Waals surface area (Å²) in [5, 5.41) is 9.11. The third kappa shape index (κ3) is 3.36. The molecule has 1 aromatic rings. The zero-order valence-electron chi connectivity index (χ0n) is 11.5. The average molecular weight is 277 g/mol. The Labute approximate surface area is 118 Å². The summed E-state index contributed by atoms with van der Waals surface area (Å²) in [5.74, 6) is -0.895. The van der Waals surface area contributed by atoms with E-state index >= 15 is 0 Å². The molecule has 1 heterocycles. The van der Waals surface area contributed by atoms with Crippen LogP contribution in [0.1, 0.15) is 29.3 Å². The summed E-state index contributed by atoms with van der Waals surface area (Å²) in [6.45, 7) is 3.71. The van der Waals surface area contributed by atoms with Gasteiger partial charge in [-0.15, -0.1) is 0 Å². The Balaban J connectivity index is 1.98. The van der Waals surface area contributed by atoms with Gasteiger partial charge >= 0.3 is 5.97 Å². The molecule has 0 aliphatic carbocycles. The minimum absolute atomic E-state index is 0.0565. The SMILES string of the molecule is CC1COCCN1C(=O)CCc1ccccc1C(=O)O. The first-order valence-electron chi connectivity index (χ1n) is 6.78. The number of hydrogen-bond acceptors (Lipinski definition) is 3. The van der Waals surface area contributed by atoms with E-state index in [0.29, 0.717) is 38.2 Å². The molecule has 0 radical (unpaired) electrons. The summed E-state index contributed by atoms with van der Waals surface area (Å²) < 4.78 is 5.30. The van der Waals surface area contributed by atoms with Gasteiger partial charge in [0.25, 0.3) is 0 Å². The molecule has 1 aliphatic rings. The second-order valence-corrected chi connectivity index (χ2v) is 4.97. The van der Waals surface area contributed by atoms with Crippen LogP contribution in [0.15, 0.2) is 24.3 Å². The predicted molar refractivity (Wildman–Crippen MR) is 73.7 cm³/mol. The second-order valence-electron chi connectivity index (χ2n) is 4.97. The number of carboxylic acid groups (broad SMARTS) is 1. The molecule has 1 aromatic carbocycles. The fraction of sp³-hybridized carbons (Fsp3) is 0.467. The van der Waals surface area contributed by atoms with Gasteiger partial charge in [0.05, 0.1) is 24.8 Å². The van der Waals surface area contributed by atoms with E-state index < -0.39 is 5.97 Å². The molecule has 0 aromatic heterocycles. The zero-order valence-corrected chi connectivity index (χ0v) is 11.5. The maximum atomic E-state index is 12.2. The van der Waals surface area contributed by atoms with Crippen LogP contribution < -0.4 is 0 Å². The minimum atomic E-state index is -0.951. The molecule has 20 heavy (non-hydrogen) atoms. The molecule has 1 N–H and O–H groups in total. The number of aromatic carboxylic acids is 1. The Bertz CT molecular complexity index is 500. The zero-order chi connectivity index (χ0) is 14.5. The Morgan fingerprint density at radius 3 is 2.85 bits per heavy atom. The lowest BCUT2D eigenvalue weighted by molar-refractivity contribution is -0.139. The van der Waals surface area contributed by atoms with Crippen molar-refractivity contribution in [3.8, 4) is 0 Å². The highest BCUT2D eigenvalue weighted by molar-refractivity contribution is 5.89. The van der Waals surface area contributed by atoms with Crippen LogP contribution in [0, 0.1) is 0 Å². The lowest BCUT2D eigenvalue weighted by Gasteiger charge is -2.33. The smallest absolute Gasteiger partial charge is 0.335 e. The van der Waals surface area contributed by atoms with Gasteiger partial charge in [0.1, 0.15) is 0 Å².